The number of carbonyl (C=O) groups excluding carboxylic acids is 1. The van der Waals surface area contributed by atoms with Crippen molar-refractivity contribution in [3.63, 3.8) is 0 Å². The Balaban J connectivity index is 3.07. The lowest BCUT2D eigenvalue weighted by molar-refractivity contribution is -0.120. The van der Waals surface area contributed by atoms with Crippen molar-refractivity contribution in [2.75, 3.05) is 12.4 Å². The molecule has 1 aromatic carbocycles. The van der Waals surface area contributed by atoms with Crippen molar-refractivity contribution in [1.29, 1.82) is 0 Å². The van der Waals surface area contributed by atoms with Gasteiger partial charge in [0.1, 0.15) is 10.6 Å². The minimum absolute atomic E-state index is 0.102. The minimum atomic E-state index is -3.91. The molecule has 0 spiro atoms. The van der Waals surface area contributed by atoms with Crippen LogP contribution in [0.2, 0.25) is 0 Å². The first-order chi connectivity index (χ1) is 9.33. The minimum Gasteiger partial charge on any atom is -0.495 e. The Hall–Kier alpha value is -1.60. The van der Waals surface area contributed by atoms with Crippen LogP contribution in [-0.4, -0.2) is 21.4 Å². The number of primary sulfonamides is 1. The Kier molecular flexibility index (Phi) is 5.52. The van der Waals surface area contributed by atoms with E-state index in [9.17, 15) is 13.2 Å². The smallest absolute Gasteiger partial charge is 0.241 e. The zero-order chi connectivity index (χ0) is 15.3. The molecule has 0 fully saturated rings. The highest BCUT2D eigenvalue weighted by Gasteiger charge is 2.18. The van der Waals surface area contributed by atoms with E-state index in [0.29, 0.717) is 5.69 Å². The molecule has 1 aromatic rings. The Morgan fingerprint density at radius 1 is 1.35 bits per heavy atom. The number of rotatable bonds is 6. The SMILES string of the molecule is CCC(CC)C(=O)Nc1ccc(OC)c(S(N)(=O)=O)c1. The topological polar surface area (TPSA) is 98.5 Å². The van der Waals surface area contributed by atoms with Crippen molar-refractivity contribution in [3.05, 3.63) is 18.2 Å². The van der Waals surface area contributed by atoms with E-state index in [1.165, 1.54) is 19.2 Å². The normalized spacial score (nSPS) is 11.4. The van der Waals surface area contributed by atoms with Gasteiger partial charge in [-0.1, -0.05) is 13.8 Å². The van der Waals surface area contributed by atoms with Gasteiger partial charge in [0.15, 0.2) is 0 Å². The molecule has 0 aromatic heterocycles. The van der Waals surface area contributed by atoms with Crippen LogP contribution in [0.1, 0.15) is 26.7 Å². The molecule has 0 radical (unpaired) electrons. The molecule has 0 atom stereocenters. The second-order valence-corrected chi connectivity index (χ2v) is 5.94. The van der Waals surface area contributed by atoms with Crippen LogP contribution in [0.3, 0.4) is 0 Å². The van der Waals surface area contributed by atoms with Gasteiger partial charge in [-0.05, 0) is 31.0 Å². The third kappa shape index (κ3) is 3.94. The molecule has 112 valence electrons. The standard InChI is InChI=1S/C13H20N2O4S/c1-4-9(5-2)13(16)15-10-6-7-11(19-3)12(8-10)20(14,17)18/h6-9H,4-5H2,1-3H3,(H,15,16)(H2,14,17,18). The summed E-state index contributed by atoms with van der Waals surface area (Å²) in [7, 11) is -2.56. The van der Waals surface area contributed by atoms with Gasteiger partial charge in [-0.15, -0.1) is 0 Å². The Morgan fingerprint density at radius 3 is 2.40 bits per heavy atom. The molecule has 0 heterocycles. The highest BCUT2D eigenvalue weighted by molar-refractivity contribution is 7.89. The van der Waals surface area contributed by atoms with Gasteiger partial charge in [-0.2, -0.15) is 0 Å². The number of amides is 1. The zero-order valence-corrected chi connectivity index (χ0v) is 12.7. The summed E-state index contributed by atoms with van der Waals surface area (Å²) in [5.74, 6) is -0.0939. The van der Waals surface area contributed by atoms with Gasteiger partial charge in [-0.25, -0.2) is 13.6 Å². The van der Waals surface area contributed by atoms with Crippen LogP contribution in [0.5, 0.6) is 5.75 Å². The van der Waals surface area contributed by atoms with Gasteiger partial charge in [0, 0.05) is 11.6 Å². The number of benzene rings is 1. The number of nitrogens with one attached hydrogen (secondary N) is 1. The Labute approximate surface area is 119 Å². The van der Waals surface area contributed by atoms with Gasteiger partial charge >= 0.3 is 0 Å². The molecule has 0 bridgehead atoms. The maximum atomic E-state index is 12.0. The molecule has 0 unspecified atom stereocenters. The first-order valence-corrected chi connectivity index (χ1v) is 7.89. The van der Waals surface area contributed by atoms with Crippen molar-refractivity contribution >= 4 is 21.6 Å². The molecule has 7 heteroatoms. The number of hydrogen-bond donors (Lipinski definition) is 2. The number of sulfonamides is 1. The average Bonchev–Trinajstić information content (AvgIpc) is 2.39. The Bertz CT molecular complexity index is 580. The molecular weight excluding hydrogens is 280 g/mol. The van der Waals surface area contributed by atoms with Gasteiger partial charge in [0.25, 0.3) is 0 Å². The van der Waals surface area contributed by atoms with E-state index in [1.54, 1.807) is 6.07 Å². The van der Waals surface area contributed by atoms with Gasteiger partial charge in [0.2, 0.25) is 15.9 Å². The molecule has 1 amide bonds. The Morgan fingerprint density at radius 2 is 1.95 bits per heavy atom. The second-order valence-electron chi connectivity index (χ2n) is 4.41. The predicted molar refractivity (Wildman–Crippen MR) is 77.1 cm³/mol. The summed E-state index contributed by atoms with van der Waals surface area (Å²) in [5.41, 5.74) is 0.381. The van der Waals surface area contributed by atoms with Crippen LogP contribution in [0, 0.1) is 5.92 Å². The summed E-state index contributed by atoms with van der Waals surface area (Å²) in [4.78, 5) is 11.8. The highest BCUT2D eigenvalue weighted by Crippen LogP contribution is 2.26. The molecule has 0 aliphatic rings. The fraction of sp³-hybridized carbons (Fsp3) is 0.462. The number of hydrogen-bond acceptors (Lipinski definition) is 4. The van der Waals surface area contributed by atoms with E-state index in [1.807, 2.05) is 13.8 Å². The first-order valence-electron chi connectivity index (χ1n) is 6.35. The number of nitrogens with two attached hydrogens (primary N) is 1. The van der Waals surface area contributed by atoms with Crippen LogP contribution >= 0.6 is 0 Å². The molecule has 0 saturated carbocycles. The summed E-state index contributed by atoms with van der Waals surface area (Å²) < 4.78 is 27.9. The average molecular weight is 300 g/mol. The second kappa shape index (κ2) is 6.71. The van der Waals surface area contributed by atoms with E-state index in [4.69, 9.17) is 9.88 Å². The molecule has 20 heavy (non-hydrogen) atoms. The maximum Gasteiger partial charge on any atom is 0.241 e. The van der Waals surface area contributed by atoms with Crippen LogP contribution in [0.4, 0.5) is 5.69 Å². The van der Waals surface area contributed by atoms with E-state index in [0.717, 1.165) is 12.8 Å². The number of methoxy groups -OCH3 is 1. The monoisotopic (exact) mass is 300 g/mol. The molecule has 1 rings (SSSR count). The third-order valence-corrected chi connectivity index (χ3v) is 4.03. The zero-order valence-electron chi connectivity index (χ0n) is 11.8. The lowest BCUT2D eigenvalue weighted by atomic mass is 10.0. The fourth-order valence-electron chi connectivity index (χ4n) is 1.88. The third-order valence-electron chi connectivity index (χ3n) is 3.09. The van der Waals surface area contributed by atoms with Crippen molar-refractivity contribution in [2.24, 2.45) is 11.1 Å². The first kappa shape index (κ1) is 16.5. The molecule has 6 nitrogen and oxygen atoms in total. The van der Waals surface area contributed by atoms with Gasteiger partial charge in [0.05, 0.1) is 7.11 Å². The lowest BCUT2D eigenvalue weighted by Gasteiger charge is -2.14. The van der Waals surface area contributed by atoms with E-state index < -0.39 is 10.0 Å². The van der Waals surface area contributed by atoms with Crippen LogP contribution in [0.15, 0.2) is 23.1 Å². The molecule has 0 saturated heterocycles. The highest BCUT2D eigenvalue weighted by atomic mass is 32.2. The quantitative estimate of drug-likeness (QED) is 0.835. The number of carbonyl (C=O) groups is 1. The number of anilines is 1. The fourth-order valence-corrected chi connectivity index (χ4v) is 2.60. The van der Waals surface area contributed by atoms with E-state index in [2.05, 4.69) is 5.32 Å². The predicted octanol–water partition coefficient (Wildman–Crippen LogP) is 1.72. The van der Waals surface area contributed by atoms with Crippen molar-refractivity contribution < 1.29 is 17.9 Å². The largest absolute Gasteiger partial charge is 0.495 e. The van der Waals surface area contributed by atoms with Crippen molar-refractivity contribution in [3.8, 4) is 5.75 Å². The number of ether oxygens (including phenoxy) is 1. The summed E-state index contributed by atoms with van der Waals surface area (Å²) >= 11 is 0. The summed E-state index contributed by atoms with van der Waals surface area (Å²) in [6.07, 6.45) is 1.45. The molecule has 0 aliphatic heterocycles. The molecule has 3 N–H and O–H groups in total. The van der Waals surface area contributed by atoms with Gasteiger partial charge in [-0.3, -0.25) is 4.79 Å². The van der Waals surface area contributed by atoms with Gasteiger partial charge < -0.3 is 10.1 Å². The summed E-state index contributed by atoms with van der Waals surface area (Å²) in [6, 6.07) is 4.34. The molecule has 0 aliphatic carbocycles. The van der Waals surface area contributed by atoms with Crippen LogP contribution < -0.4 is 15.2 Å². The molecular formula is C13H20N2O4S. The summed E-state index contributed by atoms with van der Waals surface area (Å²) in [6.45, 7) is 3.86. The van der Waals surface area contributed by atoms with Crippen LogP contribution in [0.25, 0.3) is 0 Å². The van der Waals surface area contributed by atoms with E-state index in [-0.39, 0.29) is 22.5 Å². The van der Waals surface area contributed by atoms with Crippen molar-refractivity contribution in [2.45, 2.75) is 31.6 Å². The summed E-state index contributed by atoms with van der Waals surface area (Å²) in [5, 5.41) is 7.82. The van der Waals surface area contributed by atoms with Crippen LogP contribution in [-0.2, 0) is 14.8 Å². The van der Waals surface area contributed by atoms with Crippen molar-refractivity contribution in [1.82, 2.24) is 0 Å². The maximum absolute atomic E-state index is 12.0. The lowest BCUT2D eigenvalue weighted by Crippen LogP contribution is -2.22. The van der Waals surface area contributed by atoms with E-state index >= 15 is 0 Å².